The van der Waals surface area contributed by atoms with Gasteiger partial charge in [-0.3, -0.25) is 4.99 Å². The van der Waals surface area contributed by atoms with Gasteiger partial charge < -0.3 is 9.32 Å². The van der Waals surface area contributed by atoms with E-state index < -0.39 is 9.84 Å². The third-order valence-electron chi connectivity index (χ3n) is 2.92. The summed E-state index contributed by atoms with van der Waals surface area (Å²) in [7, 11) is 0.802. The summed E-state index contributed by atoms with van der Waals surface area (Å²) in [4.78, 5) is 6.28. The molecule has 0 bridgehead atoms. The zero-order valence-corrected chi connectivity index (χ0v) is 10.7. The Labute approximate surface area is 101 Å². The van der Waals surface area contributed by atoms with Crippen LogP contribution in [0.5, 0.6) is 0 Å². The molecule has 1 aliphatic rings. The average molecular weight is 256 g/mol. The summed E-state index contributed by atoms with van der Waals surface area (Å²) in [5.74, 6) is 0.317. The van der Waals surface area contributed by atoms with Gasteiger partial charge in [0.15, 0.2) is 9.84 Å². The fraction of sp³-hybridized carbons (Fsp3) is 0.545. The fourth-order valence-corrected chi connectivity index (χ4v) is 3.98. The van der Waals surface area contributed by atoms with Crippen LogP contribution in [0.25, 0.3) is 0 Å². The van der Waals surface area contributed by atoms with E-state index in [0.717, 1.165) is 5.56 Å². The van der Waals surface area contributed by atoms with E-state index in [1.165, 1.54) is 0 Å². The highest BCUT2D eigenvalue weighted by molar-refractivity contribution is 7.91. The minimum absolute atomic E-state index is 0.0387. The second kappa shape index (κ2) is 4.62. The van der Waals surface area contributed by atoms with Gasteiger partial charge in [-0.25, -0.2) is 8.42 Å². The van der Waals surface area contributed by atoms with Crippen LogP contribution >= 0.6 is 0 Å². The lowest BCUT2D eigenvalue weighted by atomic mass is 10.1. The summed E-state index contributed by atoms with van der Waals surface area (Å²) < 4.78 is 28.1. The van der Waals surface area contributed by atoms with Crippen molar-refractivity contribution < 1.29 is 12.8 Å². The lowest BCUT2D eigenvalue weighted by Crippen LogP contribution is -2.37. The van der Waals surface area contributed by atoms with Crippen molar-refractivity contribution in [3.05, 3.63) is 24.2 Å². The van der Waals surface area contributed by atoms with Crippen molar-refractivity contribution in [1.29, 1.82) is 0 Å². The molecule has 1 fully saturated rings. The van der Waals surface area contributed by atoms with Crippen LogP contribution in [-0.2, 0) is 9.84 Å². The van der Waals surface area contributed by atoms with Gasteiger partial charge in [-0.1, -0.05) is 0 Å². The van der Waals surface area contributed by atoms with E-state index in [-0.39, 0.29) is 23.6 Å². The SMILES string of the molecule is CN(C)C1CS(=O)(=O)CC1N=Cc1ccoc1. The predicted octanol–water partition coefficient (Wildman–Crippen LogP) is 0.426. The van der Waals surface area contributed by atoms with Gasteiger partial charge in [0.25, 0.3) is 0 Å². The molecule has 5 nitrogen and oxygen atoms in total. The summed E-state index contributed by atoms with van der Waals surface area (Å²) in [5.41, 5.74) is 0.854. The molecular formula is C11H16N2O3S. The van der Waals surface area contributed by atoms with Crippen molar-refractivity contribution in [1.82, 2.24) is 4.90 Å². The van der Waals surface area contributed by atoms with Crippen molar-refractivity contribution in [2.75, 3.05) is 25.6 Å². The van der Waals surface area contributed by atoms with Gasteiger partial charge in [0.2, 0.25) is 0 Å². The maximum atomic E-state index is 11.6. The molecule has 1 aliphatic heterocycles. The van der Waals surface area contributed by atoms with E-state index in [4.69, 9.17) is 4.42 Å². The number of nitrogens with zero attached hydrogens (tertiary/aromatic N) is 2. The Morgan fingerprint density at radius 3 is 2.82 bits per heavy atom. The first-order valence-electron chi connectivity index (χ1n) is 5.40. The summed E-state index contributed by atoms with van der Waals surface area (Å²) in [6.07, 6.45) is 4.82. The molecule has 17 heavy (non-hydrogen) atoms. The van der Waals surface area contributed by atoms with Crippen LogP contribution in [0, 0.1) is 0 Å². The molecule has 94 valence electrons. The third kappa shape index (κ3) is 2.95. The smallest absolute Gasteiger partial charge is 0.154 e. The third-order valence-corrected chi connectivity index (χ3v) is 4.61. The standard InChI is InChI=1S/C11H16N2O3S/c1-13(2)11-8-17(14,15)7-10(11)12-5-9-3-4-16-6-9/h3-6,10-11H,7-8H2,1-2H3. The van der Waals surface area contributed by atoms with E-state index in [0.29, 0.717) is 0 Å². The minimum Gasteiger partial charge on any atom is -0.472 e. The number of hydrogen-bond donors (Lipinski definition) is 0. The van der Waals surface area contributed by atoms with Gasteiger partial charge in [-0.15, -0.1) is 0 Å². The van der Waals surface area contributed by atoms with Gasteiger partial charge in [-0.2, -0.15) is 0 Å². The van der Waals surface area contributed by atoms with Crippen LogP contribution in [0.1, 0.15) is 5.56 Å². The normalized spacial score (nSPS) is 28.2. The van der Waals surface area contributed by atoms with Crippen LogP contribution in [0.15, 0.2) is 28.0 Å². The first kappa shape index (κ1) is 12.3. The largest absolute Gasteiger partial charge is 0.472 e. The molecule has 1 aromatic heterocycles. The Balaban J connectivity index is 2.14. The summed E-state index contributed by atoms with van der Waals surface area (Å²) in [5, 5.41) is 0. The zero-order valence-electron chi connectivity index (χ0n) is 9.91. The van der Waals surface area contributed by atoms with E-state index in [2.05, 4.69) is 4.99 Å². The Morgan fingerprint density at radius 2 is 2.24 bits per heavy atom. The Morgan fingerprint density at radius 1 is 1.47 bits per heavy atom. The number of aliphatic imine (C=N–C) groups is 1. The van der Waals surface area contributed by atoms with Crippen LogP contribution in [-0.4, -0.2) is 57.2 Å². The number of furan rings is 1. The molecule has 2 rings (SSSR count). The molecule has 2 atom stereocenters. The molecule has 0 N–H and O–H groups in total. The van der Waals surface area contributed by atoms with E-state index in [1.807, 2.05) is 19.0 Å². The lowest BCUT2D eigenvalue weighted by Gasteiger charge is -2.21. The van der Waals surface area contributed by atoms with Gasteiger partial charge in [0.1, 0.15) is 0 Å². The van der Waals surface area contributed by atoms with Gasteiger partial charge in [-0.05, 0) is 20.2 Å². The van der Waals surface area contributed by atoms with Crippen molar-refractivity contribution in [3.63, 3.8) is 0 Å². The van der Waals surface area contributed by atoms with Crippen LogP contribution in [0.4, 0.5) is 0 Å². The highest BCUT2D eigenvalue weighted by Gasteiger charge is 2.38. The second-order valence-electron chi connectivity index (χ2n) is 4.51. The quantitative estimate of drug-likeness (QED) is 0.736. The molecule has 1 aromatic rings. The maximum absolute atomic E-state index is 11.6. The molecule has 6 heteroatoms. The summed E-state index contributed by atoms with van der Waals surface area (Å²) >= 11 is 0. The van der Waals surface area contributed by atoms with Gasteiger partial charge in [0.05, 0.1) is 30.1 Å². The molecule has 0 amide bonds. The average Bonchev–Trinajstić information content (AvgIpc) is 2.81. The van der Waals surface area contributed by atoms with Crippen molar-refractivity contribution >= 4 is 16.1 Å². The second-order valence-corrected chi connectivity index (χ2v) is 6.66. The fourth-order valence-electron chi connectivity index (χ4n) is 1.98. The van der Waals surface area contributed by atoms with Crippen molar-refractivity contribution in [2.24, 2.45) is 4.99 Å². The predicted molar refractivity (Wildman–Crippen MR) is 66.2 cm³/mol. The molecule has 0 radical (unpaired) electrons. The molecule has 0 aromatic carbocycles. The number of rotatable bonds is 3. The van der Waals surface area contributed by atoms with Gasteiger partial charge in [0, 0.05) is 17.8 Å². The van der Waals surface area contributed by atoms with Crippen LogP contribution in [0.3, 0.4) is 0 Å². The van der Waals surface area contributed by atoms with Crippen LogP contribution < -0.4 is 0 Å². The summed E-state index contributed by atoms with van der Waals surface area (Å²) in [6, 6.07) is 1.56. The molecule has 0 saturated carbocycles. The first-order valence-corrected chi connectivity index (χ1v) is 7.22. The van der Waals surface area contributed by atoms with Gasteiger partial charge >= 0.3 is 0 Å². The molecule has 0 spiro atoms. The van der Waals surface area contributed by atoms with E-state index in [9.17, 15) is 8.42 Å². The van der Waals surface area contributed by atoms with E-state index in [1.54, 1.807) is 24.8 Å². The molecule has 2 heterocycles. The van der Waals surface area contributed by atoms with E-state index >= 15 is 0 Å². The molecule has 2 unspecified atom stereocenters. The Bertz CT molecular complexity index is 491. The lowest BCUT2D eigenvalue weighted by molar-refractivity contribution is 0.297. The zero-order chi connectivity index (χ0) is 12.5. The first-order chi connectivity index (χ1) is 7.98. The number of sulfone groups is 1. The highest BCUT2D eigenvalue weighted by atomic mass is 32.2. The maximum Gasteiger partial charge on any atom is 0.154 e. The molecular weight excluding hydrogens is 240 g/mol. The summed E-state index contributed by atoms with van der Waals surface area (Å²) in [6.45, 7) is 0. The molecule has 0 aliphatic carbocycles. The van der Waals surface area contributed by atoms with Crippen molar-refractivity contribution in [3.8, 4) is 0 Å². The minimum atomic E-state index is -2.96. The van der Waals surface area contributed by atoms with Crippen LogP contribution in [0.2, 0.25) is 0 Å². The topological polar surface area (TPSA) is 62.9 Å². The number of hydrogen-bond acceptors (Lipinski definition) is 5. The van der Waals surface area contributed by atoms with Crippen molar-refractivity contribution in [2.45, 2.75) is 12.1 Å². The Hall–Kier alpha value is -1.14. The highest BCUT2D eigenvalue weighted by Crippen LogP contribution is 2.19. The Kier molecular flexibility index (Phi) is 3.35. The molecule has 1 saturated heterocycles. The number of likely N-dealkylation sites (N-methyl/N-ethyl adjacent to an activating group) is 1. The monoisotopic (exact) mass is 256 g/mol.